The van der Waals surface area contributed by atoms with Gasteiger partial charge in [0.1, 0.15) is 17.8 Å². The molecule has 0 aliphatic heterocycles. The number of amides is 1. The molecule has 1 amide bonds. The van der Waals surface area contributed by atoms with Crippen LogP contribution in [0, 0.1) is 13.8 Å². The van der Waals surface area contributed by atoms with Crippen molar-refractivity contribution in [1.29, 1.82) is 0 Å². The van der Waals surface area contributed by atoms with Gasteiger partial charge in [-0.3, -0.25) is 14.2 Å². The van der Waals surface area contributed by atoms with E-state index in [9.17, 15) is 14.4 Å². The second kappa shape index (κ2) is 8.88. The molecule has 0 bridgehead atoms. The molecule has 0 radical (unpaired) electrons. The van der Waals surface area contributed by atoms with Gasteiger partial charge in [-0.1, -0.05) is 29.8 Å². The molecule has 5 aromatic rings. The number of rotatable bonds is 5. The predicted octanol–water partition coefficient (Wildman–Crippen LogP) is 3.91. The van der Waals surface area contributed by atoms with Crippen LogP contribution in [0.4, 0.5) is 5.69 Å². The second-order valence-corrected chi connectivity index (χ2v) is 8.91. The van der Waals surface area contributed by atoms with Crippen molar-refractivity contribution in [3.05, 3.63) is 98.7 Å². The number of fused-ring (bicyclic) bond motifs is 3. The number of anilines is 1. The van der Waals surface area contributed by atoms with Crippen molar-refractivity contribution in [2.75, 3.05) is 12.4 Å². The zero-order valence-corrected chi connectivity index (χ0v) is 20.5. The molecule has 0 fully saturated rings. The Morgan fingerprint density at radius 2 is 1.67 bits per heavy atom. The third kappa shape index (κ3) is 3.86. The molecule has 2 aromatic heterocycles. The summed E-state index contributed by atoms with van der Waals surface area (Å²) >= 11 is 0. The Balaban J connectivity index is 1.76. The van der Waals surface area contributed by atoms with Crippen LogP contribution in [0.1, 0.15) is 11.1 Å². The summed E-state index contributed by atoms with van der Waals surface area (Å²) in [5.74, 6) is 0.204. The topological polar surface area (TPSA) is 87.3 Å². The lowest BCUT2D eigenvalue weighted by Crippen LogP contribution is -2.41. The number of carbonyl (C=O) groups is 1. The summed E-state index contributed by atoms with van der Waals surface area (Å²) in [5, 5.41) is 3.58. The van der Waals surface area contributed by atoms with Crippen molar-refractivity contribution in [3.8, 4) is 11.4 Å². The lowest BCUT2D eigenvalue weighted by Gasteiger charge is -2.14. The van der Waals surface area contributed by atoms with Crippen LogP contribution >= 0.6 is 0 Å². The molecular formula is C28H26N4O4. The Morgan fingerprint density at radius 3 is 2.42 bits per heavy atom. The van der Waals surface area contributed by atoms with Crippen LogP contribution in [0.15, 0.2) is 76.3 Å². The number of hydrogen-bond acceptors (Lipinski definition) is 4. The molecule has 5 rings (SSSR count). The van der Waals surface area contributed by atoms with Crippen molar-refractivity contribution in [2.45, 2.75) is 20.4 Å². The molecule has 3 aromatic carbocycles. The van der Waals surface area contributed by atoms with Gasteiger partial charge in [0.05, 0.1) is 23.8 Å². The average molecular weight is 483 g/mol. The summed E-state index contributed by atoms with van der Waals surface area (Å²) in [6, 6.07) is 20.0. The number of aromatic nitrogens is 3. The van der Waals surface area contributed by atoms with E-state index in [1.54, 1.807) is 61.2 Å². The molecule has 0 saturated heterocycles. The predicted molar refractivity (Wildman–Crippen MR) is 141 cm³/mol. The summed E-state index contributed by atoms with van der Waals surface area (Å²) in [7, 11) is 3.35. The van der Waals surface area contributed by atoms with E-state index in [4.69, 9.17) is 4.74 Å². The van der Waals surface area contributed by atoms with Crippen molar-refractivity contribution in [2.24, 2.45) is 7.05 Å². The molecule has 8 nitrogen and oxygen atoms in total. The van der Waals surface area contributed by atoms with E-state index >= 15 is 0 Å². The van der Waals surface area contributed by atoms with Crippen molar-refractivity contribution in [3.63, 3.8) is 0 Å². The van der Waals surface area contributed by atoms with Crippen molar-refractivity contribution < 1.29 is 9.53 Å². The van der Waals surface area contributed by atoms with E-state index in [0.717, 1.165) is 26.6 Å². The van der Waals surface area contributed by atoms with Gasteiger partial charge in [-0.15, -0.1) is 0 Å². The number of nitrogens with one attached hydrogen (secondary N) is 1. The highest BCUT2D eigenvalue weighted by Crippen LogP contribution is 2.27. The molecule has 0 saturated carbocycles. The number of methoxy groups -OCH3 is 1. The number of ether oxygens (including phenoxy) is 1. The molecule has 0 atom stereocenters. The maximum absolute atomic E-state index is 13.9. The van der Waals surface area contributed by atoms with Gasteiger partial charge in [0.15, 0.2) is 0 Å². The van der Waals surface area contributed by atoms with Crippen molar-refractivity contribution in [1.82, 2.24) is 13.7 Å². The van der Waals surface area contributed by atoms with E-state index < -0.39 is 17.2 Å². The van der Waals surface area contributed by atoms with Gasteiger partial charge in [0, 0.05) is 24.2 Å². The van der Waals surface area contributed by atoms with Crippen LogP contribution in [-0.2, 0) is 18.4 Å². The first kappa shape index (κ1) is 23.2. The number of benzene rings is 3. The van der Waals surface area contributed by atoms with E-state index in [1.807, 2.05) is 38.1 Å². The van der Waals surface area contributed by atoms with Crippen LogP contribution < -0.4 is 21.3 Å². The fraction of sp³-hybridized carbons (Fsp3) is 0.179. The van der Waals surface area contributed by atoms with Crippen molar-refractivity contribution >= 4 is 33.5 Å². The van der Waals surface area contributed by atoms with E-state index in [-0.39, 0.29) is 6.54 Å². The van der Waals surface area contributed by atoms with E-state index in [1.165, 1.54) is 4.57 Å². The van der Waals surface area contributed by atoms with Gasteiger partial charge in [0.25, 0.3) is 5.56 Å². The first-order valence-electron chi connectivity index (χ1n) is 11.5. The monoisotopic (exact) mass is 482 g/mol. The molecular weight excluding hydrogens is 456 g/mol. The van der Waals surface area contributed by atoms with Gasteiger partial charge in [0.2, 0.25) is 5.91 Å². The van der Waals surface area contributed by atoms with E-state index in [0.29, 0.717) is 28.2 Å². The second-order valence-electron chi connectivity index (χ2n) is 8.91. The zero-order chi connectivity index (χ0) is 25.6. The van der Waals surface area contributed by atoms with Crippen LogP contribution in [-0.4, -0.2) is 26.7 Å². The third-order valence-electron chi connectivity index (χ3n) is 6.34. The summed E-state index contributed by atoms with van der Waals surface area (Å²) in [6.45, 7) is 3.57. The molecule has 2 heterocycles. The Kier molecular flexibility index (Phi) is 5.72. The molecule has 182 valence electrons. The molecule has 0 aliphatic carbocycles. The minimum atomic E-state index is -0.576. The first-order valence-corrected chi connectivity index (χ1v) is 11.5. The summed E-state index contributed by atoms with van der Waals surface area (Å²) in [5.41, 5.74) is 3.48. The number of aryl methyl sites for hydroxylation is 3. The third-order valence-corrected chi connectivity index (χ3v) is 6.34. The van der Waals surface area contributed by atoms with Gasteiger partial charge < -0.3 is 14.6 Å². The van der Waals surface area contributed by atoms with Gasteiger partial charge >= 0.3 is 5.69 Å². The highest BCUT2D eigenvalue weighted by Gasteiger charge is 2.22. The first-order chi connectivity index (χ1) is 17.3. The Morgan fingerprint density at radius 1 is 0.917 bits per heavy atom. The number of carbonyl (C=O) groups excluding carboxylic acids is 1. The molecule has 0 spiro atoms. The highest BCUT2D eigenvalue weighted by atomic mass is 16.5. The van der Waals surface area contributed by atoms with Crippen LogP contribution in [0.25, 0.3) is 27.6 Å². The molecule has 8 heteroatoms. The fourth-order valence-electron chi connectivity index (χ4n) is 4.65. The summed E-state index contributed by atoms with van der Waals surface area (Å²) in [4.78, 5) is 40.8. The minimum absolute atomic E-state index is 0.272. The summed E-state index contributed by atoms with van der Waals surface area (Å²) < 4.78 is 9.54. The lowest BCUT2D eigenvalue weighted by atomic mass is 10.1. The molecule has 1 N–H and O–H groups in total. The number of hydrogen-bond donors (Lipinski definition) is 1. The standard InChI is InChI=1S/C28H26N4O4/c1-17-7-5-9-20(13-17)32-27(34)26-25(22-14-18(2)11-12-23(22)30(26)3)31(28(32)35)16-24(33)29-19-8-6-10-21(15-19)36-4/h5-15H,16H2,1-4H3,(H,29,33). The Hall–Kier alpha value is -4.59. The van der Waals surface area contributed by atoms with Gasteiger partial charge in [-0.05, 0) is 55.8 Å². The average Bonchev–Trinajstić information content (AvgIpc) is 3.13. The largest absolute Gasteiger partial charge is 0.497 e. The SMILES string of the molecule is COc1cccc(NC(=O)Cn2c(=O)n(-c3cccc(C)c3)c(=O)c3c2c2cc(C)ccc2n3C)c1. The van der Waals surface area contributed by atoms with Crippen LogP contribution in [0.3, 0.4) is 0 Å². The van der Waals surface area contributed by atoms with Crippen LogP contribution in [0.2, 0.25) is 0 Å². The van der Waals surface area contributed by atoms with Crippen LogP contribution in [0.5, 0.6) is 5.75 Å². The summed E-state index contributed by atoms with van der Waals surface area (Å²) in [6.07, 6.45) is 0. The lowest BCUT2D eigenvalue weighted by molar-refractivity contribution is -0.116. The van der Waals surface area contributed by atoms with Gasteiger partial charge in [-0.25, -0.2) is 9.36 Å². The Bertz CT molecular complexity index is 1780. The number of nitrogens with zero attached hydrogens (tertiary/aromatic N) is 3. The normalized spacial score (nSPS) is 11.2. The smallest absolute Gasteiger partial charge is 0.336 e. The maximum Gasteiger partial charge on any atom is 0.336 e. The van der Waals surface area contributed by atoms with E-state index in [2.05, 4.69) is 5.32 Å². The molecule has 36 heavy (non-hydrogen) atoms. The maximum atomic E-state index is 13.9. The molecule has 0 unspecified atom stereocenters. The molecule has 0 aliphatic rings. The fourth-order valence-corrected chi connectivity index (χ4v) is 4.65. The minimum Gasteiger partial charge on any atom is -0.497 e. The van der Waals surface area contributed by atoms with Gasteiger partial charge in [-0.2, -0.15) is 0 Å². The zero-order valence-electron chi connectivity index (χ0n) is 20.5. The Labute approximate surface area is 207 Å². The quantitative estimate of drug-likeness (QED) is 0.412. The highest BCUT2D eigenvalue weighted by molar-refractivity contribution is 6.06.